The molecule has 112 valence electrons. The summed E-state index contributed by atoms with van der Waals surface area (Å²) in [4.78, 5) is 2.59. The van der Waals surface area contributed by atoms with Crippen molar-refractivity contribution in [1.29, 1.82) is 0 Å². The molecule has 1 aromatic carbocycles. The van der Waals surface area contributed by atoms with E-state index >= 15 is 0 Å². The molecule has 3 heteroatoms. The smallest absolute Gasteiger partial charge is 0.123 e. The van der Waals surface area contributed by atoms with E-state index in [0.717, 1.165) is 36.4 Å². The van der Waals surface area contributed by atoms with E-state index in [1.165, 1.54) is 25.8 Å². The van der Waals surface area contributed by atoms with Crippen LogP contribution in [-0.4, -0.2) is 30.6 Å². The fourth-order valence-electron chi connectivity index (χ4n) is 2.43. The van der Waals surface area contributed by atoms with Crippen molar-refractivity contribution in [3.63, 3.8) is 0 Å². The van der Waals surface area contributed by atoms with Gasteiger partial charge in [-0.25, -0.2) is 0 Å². The molecular weight excluding hydrogens is 248 g/mol. The number of benzene rings is 1. The van der Waals surface area contributed by atoms with Gasteiger partial charge in [0.2, 0.25) is 0 Å². The molecule has 0 atom stereocenters. The highest BCUT2D eigenvalue weighted by molar-refractivity contribution is 5.32. The first-order valence-corrected chi connectivity index (χ1v) is 7.85. The zero-order valence-electron chi connectivity index (χ0n) is 12.8. The molecule has 2 rings (SSSR count). The van der Waals surface area contributed by atoms with Gasteiger partial charge in [0.1, 0.15) is 12.4 Å². The van der Waals surface area contributed by atoms with Crippen molar-refractivity contribution in [1.82, 2.24) is 4.90 Å². The average molecular weight is 276 g/mol. The van der Waals surface area contributed by atoms with Gasteiger partial charge in [-0.2, -0.15) is 0 Å². The van der Waals surface area contributed by atoms with Crippen LogP contribution in [0, 0.1) is 5.92 Å². The standard InChI is InChI=1S/C17H28N2O/c1-14(2)9-10-19(16-7-8-16)11-12-20-17-6-4-3-5-15(17)13-18/h3-6,14,16H,7-13,18H2,1-2H3. The zero-order chi connectivity index (χ0) is 14.4. The van der Waals surface area contributed by atoms with Crippen LogP contribution in [0.15, 0.2) is 24.3 Å². The van der Waals surface area contributed by atoms with Crippen LogP contribution in [0.1, 0.15) is 38.7 Å². The Morgan fingerprint density at radius 2 is 2.00 bits per heavy atom. The molecule has 1 saturated carbocycles. The van der Waals surface area contributed by atoms with Crippen molar-refractivity contribution in [3.05, 3.63) is 29.8 Å². The minimum atomic E-state index is 0.538. The number of nitrogens with two attached hydrogens (primary N) is 1. The largest absolute Gasteiger partial charge is 0.492 e. The molecule has 0 aliphatic heterocycles. The first kappa shape index (κ1) is 15.3. The predicted molar refractivity (Wildman–Crippen MR) is 83.9 cm³/mol. The summed E-state index contributed by atoms with van der Waals surface area (Å²) in [7, 11) is 0. The topological polar surface area (TPSA) is 38.5 Å². The molecule has 0 spiro atoms. The van der Waals surface area contributed by atoms with E-state index in [1.54, 1.807) is 0 Å². The van der Waals surface area contributed by atoms with Crippen LogP contribution in [-0.2, 0) is 6.54 Å². The molecule has 3 nitrogen and oxygen atoms in total. The summed E-state index contributed by atoms with van der Waals surface area (Å²) in [5.74, 6) is 1.71. The molecule has 0 unspecified atom stereocenters. The van der Waals surface area contributed by atoms with Gasteiger partial charge in [-0.15, -0.1) is 0 Å². The van der Waals surface area contributed by atoms with Crippen molar-refractivity contribution >= 4 is 0 Å². The van der Waals surface area contributed by atoms with E-state index in [1.807, 2.05) is 24.3 Å². The van der Waals surface area contributed by atoms with Crippen molar-refractivity contribution < 1.29 is 4.74 Å². The van der Waals surface area contributed by atoms with E-state index in [0.29, 0.717) is 6.54 Å². The van der Waals surface area contributed by atoms with Crippen molar-refractivity contribution in [2.24, 2.45) is 11.7 Å². The summed E-state index contributed by atoms with van der Waals surface area (Å²) < 4.78 is 5.92. The van der Waals surface area contributed by atoms with Gasteiger partial charge < -0.3 is 10.5 Å². The van der Waals surface area contributed by atoms with Crippen LogP contribution >= 0.6 is 0 Å². The van der Waals surface area contributed by atoms with E-state index in [-0.39, 0.29) is 0 Å². The van der Waals surface area contributed by atoms with Gasteiger partial charge >= 0.3 is 0 Å². The molecule has 2 N–H and O–H groups in total. The summed E-state index contributed by atoms with van der Waals surface area (Å²) >= 11 is 0. The van der Waals surface area contributed by atoms with Crippen LogP contribution in [0.5, 0.6) is 5.75 Å². The first-order chi connectivity index (χ1) is 9.70. The molecule has 1 aliphatic rings. The molecule has 1 aromatic rings. The second-order valence-corrected chi connectivity index (χ2v) is 6.11. The van der Waals surface area contributed by atoms with Gasteiger partial charge in [-0.1, -0.05) is 32.0 Å². The Kier molecular flexibility index (Phi) is 5.86. The van der Waals surface area contributed by atoms with Gasteiger partial charge in [0.25, 0.3) is 0 Å². The first-order valence-electron chi connectivity index (χ1n) is 7.85. The van der Waals surface area contributed by atoms with Crippen LogP contribution < -0.4 is 10.5 Å². The quantitative estimate of drug-likeness (QED) is 0.753. The summed E-state index contributed by atoms with van der Waals surface area (Å²) in [6, 6.07) is 8.87. The number of rotatable bonds is 9. The van der Waals surface area contributed by atoms with Crippen molar-refractivity contribution in [2.75, 3.05) is 19.7 Å². The molecule has 0 saturated heterocycles. The minimum Gasteiger partial charge on any atom is -0.492 e. The summed E-state index contributed by atoms with van der Waals surface area (Å²) in [5.41, 5.74) is 6.82. The normalized spacial score (nSPS) is 15.1. The maximum Gasteiger partial charge on any atom is 0.123 e. The Balaban J connectivity index is 1.77. The molecule has 0 amide bonds. The zero-order valence-corrected chi connectivity index (χ0v) is 12.8. The summed E-state index contributed by atoms with van der Waals surface area (Å²) in [6.07, 6.45) is 3.99. The molecular formula is C17H28N2O. The lowest BCUT2D eigenvalue weighted by molar-refractivity contribution is 0.193. The molecule has 1 fully saturated rings. The number of hydrogen-bond donors (Lipinski definition) is 1. The average Bonchev–Trinajstić information content (AvgIpc) is 3.27. The Labute approximate surface area is 123 Å². The highest BCUT2D eigenvalue weighted by Crippen LogP contribution is 2.27. The monoisotopic (exact) mass is 276 g/mol. The van der Waals surface area contributed by atoms with E-state index in [4.69, 9.17) is 10.5 Å². The highest BCUT2D eigenvalue weighted by atomic mass is 16.5. The lowest BCUT2D eigenvalue weighted by atomic mass is 10.1. The van der Waals surface area contributed by atoms with Gasteiger partial charge in [-0.05, 0) is 37.8 Å². The van der Waals surface area contributed by atoms with Crippen LogP contribution in [0.4, 0.5) is 0 Å². The molecule has 1 aliphatic carbocycles. The number of para-hydroxylation sites is 1. The molecule has 0 heterocycles. The number of hydrogen-bond acceptors (Lipinski definition) is 3. The van der Waals surface area contributed by atoms with Crippen molar-refractivity contribution in [3.8, 4) is 5.75 Å². The lowest BCUT2D eigenvalue weighted by Crippen LogP contribution is -2.32. The molecule has 0 bridgehead atoms. The maximum absolute atomic E-state index is 5.92. The van der Waals surface area contributed by atoms with Crippen LogP contribution in [0.2, 0.25) is 0 Å². The van der Waals surface area contributed by atoms with Gasteiger partial charge in [-0.3, -0.25) is 4.90 Å². The van der Waals surface area contributed by atoms with Crippen LogP contribution in [0.25, 0.3) is 0 Å². The van der Waals surface area contributed by atoms with E-state index in [2.05, 4.69) is 18.7 Å². The fraction of sp³-hybridized carbons (Fsp3) is 0.647. The number of ether oxygens (including phenoxy) is 1. The third kappa shape index (κ3) is 4.80. The minimum absolute atomic E-state index is 0.538. The Hall–Kier alpha value is -1.06. The van der Waals surface area contributed by atoms with Gasteiger partial charge in [0, 0.05) is 24.7 Å². The summed E-state index contributed by atoms with van der Waals surface area (Å²) in [6.45, 7) is 8.10. The van der Waals surface area contributed by atoms with E-state index in [9.17, 15) is 0 Å². The van der Waals surface area contributed by atoms with E-state index < -0.39 is 0 Å². The maximum atomic E-state index is 5.92. The van der Waals surface area contributed by atoms with Gasteiger partial charge in [0.05, 0.1) is 0 Å². The Morgan fingerprint density at radius 1 is 1.25 bits per heavy atom. The van der Waals surface area contributed by atoms with Crippen molar-refractivity contribution in [2.45, 2.75) is 45.7 Å². The van der Waals surface area contributed by atoms with Gasteiger partial charge in [0.15, 0.2) is 0 Å². The molecule has 0 aromatic heterocycles. The Morgan fingerprint density at radius 3 is 2.65 bits per heavy atom. The lowest BCUT2D eigenvalue weighted by Gasteiger charge is -2.23. The summed E-state index contributed by atoms with van der Waals surface area (Å²) in [5, 5.41) is 0. The number of nitrogens with zero attached hydrogens (tertiary/aromatic N) is 1. The Bertz CT molecular complexity index is 402. The molecule has 0 radical (unpaired) electrons. The highest BCUT2D eigenvalue weighted by Gasteiger charge is 2.28. The SMILES string of the molecule is CC(C)CCN(CCOc1ccccc1CN)C1CC1. The second-order valence-electron chi connectivity index (χ2n) is 6.11. The third-order valence-electron chi connectivity index (χ3n) is 3.89. The molecule has 20 heavy (non-hydrogen) atoms. The predicted octanol–water partition coefficient (Wildman–Crippen LogP) is 3.03. The second kappa shape index (κ2) is 7.65. The fourth-order valence-corrected chi connectivity index (χ4v) is 2.43. The third-order valence-corrected chi connectivity index (χ3v) is 3.89. The van der Waals surface area contributed by atoms with Crippen LogP contribution in [0.3, 0.4) is 0 Å².